The fourth-order valence-corrected chi connectivity index (χ4v) is 6.65. The predicted molar refractivity (Wildman–Crippen MR) is 78.4 cm³/mol. The predicted octanol–water partition coefficient (Wildman–Crippen LogP) is 3.52. The highest BCUT2D eigenvalue weighted by atomic mass is 18.2. The van der Waals surface area contributed by atoms with Crippen LogP contribution in [-0.2, 0) is 4.79 Å². The molecule has 0 amide bonds. The lowest BCUT2D eigenvalue weighted by Crippen LogP contribution is -2.54. The Labute approximate surface area is 126 Å². The van der Waals surface area contributed by atoms with Crippen molar-refractivity contribution < 1.29 is 14.3 Å². The lowest BCUT2D eigenvalue weighted by atomic mass is 9.50. The van der Waals surface area contributed by atoms with Crippen molar-refractivity contribution >= 4 is 5.78 Å². The second-order valence-corrected chi connectivity index (χ2v) is 8.45. The Bertz CT molecular complexity index is 450. The molecule has 0 bridgehead atoms. The molecular formula is C18H27FO2. The topological polar surface area (TPSA) is 37.3 Å². The number of Topliss-reactive ketones (excluding diaryl/α,β-unsaturated/α-hetero) is 1. The highest BCUT2D eigenvalue weighted by molar-refractivity contribution is 5.79. The third kappa shape index (κ3) is 1.95. The molecule has 0 aliphatic heterocycles. The number of fused-ring (bicyclic) bond motifs is 5. The van der Waals surface area contributed by atoms with E-state index in [1.54, 1.807) is 0 Å². The number of ketones is 1. The summed E-state index contributed by atoms with van der Waals surface area (Å²) in [6, 6.07) is 0. The molecule has 4 aliphatic rings. The van der Waals surface area contributed by atoms with Crippen molar-refractivity contribution in [1.82, 2.24) is 0 Å². The maximum absolute atomic E-state index is 15.0. The van der Waals surface area contributed by atoms with E-state index in [-0.39, 0.29) is 17.4 Å². The van der Waals surface area contributed by atoms with Crippen molar-refractivity contribution in [3.63, 3.8) is 0 Å². The maximum Gasteiger partial charge on any atom is 0.133 e. The second-order valence-electron chi connectivity index (χ2n) is 8.45. The highest BCUT2D eigenvalue weighted by Crippen LogP contribution is 2.62. The zero-order valence-corrected chi connectivity index (χ0v) is 12.9. The summed E-state index contributed by atoms with van der Waals surface area (Å²) in [4.78, 5) is 11.7. The smallest absolute Gasteiger partial charge is 0.133 e. The molecule has 4 rings (SSSR count). The average Bonchev–Trinajstić information content (AvgIpc) is 2.74. The molecule has 8 atom stereocenters. The van der Waals surface area contributed by atoms with Gasteiger partial charge in [-0.1, -0.05) is 6.92 Å². The van der Waals surface area contributed by atoms with Gasteiger partial charge in [-0.2, -0.15) is 0 Å². The van der Waals surface area contributed by atoms with Crippen molar-refractivity contribution in [2.75, 3.05) is 0 Å². The number of hydrogen-bond acceptors (Lipinski definition) is 2. The summed E-state index contributed by atoms with van der Waals surface area (Å²) in [5.41, 5.74) is -0.197. The SMILES string of the molecule is C[C@]12C[C@H]([18F])C3C(CC[C@H]4CC(=O)CC[C@H]34)C1CC[C@@H]2O. The number of hydrogen-bond donors (Lipinski definition) is 1. The lowest BCUT2D eigenvalue weighted by molar-refractivity contribution is -0.136. The molecule has 0 aromatic carbocycles. The summed E-state index contributed by atoms with van der Waals surface area (Å²) in [7, 11) is 0. The number of aliphatic hydroxyl groups is 1. The summed E-state index contributed by atoms with van der Waals surface area (Å²) < 4.78 is 15.0. The van der Waals surface area contributed by atoms with Crippen molar-refractivity contribution in [2.24, 2.45) is 35.0 Å². The minimum Gasteiger partial charge on any atom is -0.393 e. The molecule has 3 unspecified atom stereocenters. The van der Waals surface area contributed by atoms with E-state index in [0.717, 1.165) is 32.1 Å². The summed E-state index contributed by atoms with van der Waals surface area (Å²) in [5.74, 6) is 2.39. The number of alkyl halides is 1. The van der Waals surface area contributed by atoms with Gasteiger partial charge in [0.1, 0.15) is 12.0 Å². The van der Waals surface area contributed by atoms with Crippen LogP contribution in [0.4, 0.5) is 4.39 Å². The van der Waals surface area contributed by atoms with Gasteiger partial charge in [0, 0.05) is 12.8 Å². The van der Waals surface area contributed by atoms with Crippen molar-refractivity contribution in [3.05, 3.63) is 0 Å². The molecule has 0 saturated heterocycles. The fourth-order valence-electron chi connectivity index (χ4n) is 6.65. The Morgan fingerprint density at radius 2 is 1.95 bits per heavy atom. The Balaban J connectivity index is 1.63. The first-order chi connectivity index (χ1) is 10.0. The van der Waals surface area contributed by atoms with Gasteiger partial charge in [0.25, 0.3) is 0 Å². The van der Waals surface area contributed by atoms with Gasteiger partial charge >= 0.3 is 0 Å². The van der Waals surface area contributed by atoms with E-state index in [1.807, 2.05) is 0 Å². The quantitative estimate of drug-likeness (QED) is 0.742. The Morgan fingerprint density at radius 3 is 2.76 bits per heavy atom. The zero-order chi connectivity index (χ0) is 14.8. The number of carbonyl (C=O) groups excluding carboxylic acids is 1. The molecule has 4 saturated carbocycles. The van der Waals surface area contributed by atoms with Crippen LogP contribution in [0.5, 0.6) is 0 Å². The van der Waals surface area contributed by atoms with Crippen LogP contribution in [0, 0.1) is 35.0 Å². The summed E-state index contributed by atoms with van der Waals surface area (Å²) in [5, 5.41) is 10.3. The summed E-state index contributed by atoms with van der Waals surface area (Å²) >= 11 is 0. The molecule has 0 spiro atoms. The molecule has 3 heteroatoms. The van der Waals surface area contributed by atoms with Crippen LogP contribution in [0.25, 0.3) is 0 Å². The van der Waals surface area contributed by atoms with E-state index in [2.05, 4.69) is 6.92 Å². The Kier molecular flexibility index (Phi) is 3.22. The first-order valence-electron chi connectivity index (χ1n) is 8.84. The van der Waals surface area contributed by atoms with Crippen LogP contribution in [0.1, 0.15) is 58.3 Å². The van der Waals surface area contributed by atoms with Gasteiger partial charge in [0.15, 0.2) is 0 Å². The summed E-state index contributed by atoms with van der Waals surface area (Å²) in [6.07, 6.45) is 5.84. The van der Waals surface area contributed by atoms with Gasteiger partial charge in [-0.05, 0) is 73.5 Å². The third-order valence-electron chi connectivity index (χ3n) is 7.64. The van der Waals surface area contributed by atoms with Crippen LogP contribution < -0.4 is 0 Å². The van der Waals surface area contributed by atoms with Crippen molar-refractivity contribution in [1.29, 1.82) is 0 Å². The molecule has 0 heterocycles. The molecule has 0 radical (unpaired) electrons. The van der Waals surface area contributed by atoms with Crippen LogP contribution in [-0.4, -0.2) is 23.2 Å². The second kappa shape index (κ2) is 4.78. The Morgan fingerprint density at radius 1 is 1.14 bits per heavy atom. The third-order valence-corrected chi connectivity index (χ3v) is 7.64. The molecule has 1 N–H and O–H groups in total. The van der Waals surface area contributed by atoms with Gasteiger partial charge in [-0.15, -0.1) is 0 Å². The monoisotopic (exact) mass is 293 g/mol. The number of carbonyl (C=O) groups is 1. The largest absolute Gasteiger partial charge is 0.393 e. The fraction of sp³-hybridized carbons (Fsp3) is 0.944. The molecule has 4 aliphatic carbocycles. The maximum atomic E-state index is 15.0. The summed E-state index contributed by atoms with van der Waals surface area (Å²) in [6.45, 7) is 2.12. The van der Waals surface area contributed by atoms with E-state index in [9.17, 15) is 9.90 Å². The van der Waals surface area contributed by atoms with Gasteiger partial charge in [0.05, 0.1) is 6.10 Å². The molecule has 0 aromatic rings. The molecular weight excluding hydrogens is 266 g/mol. The molecule has 118 valence electrons. The molecule has 21 heavy (non-hydrogen) atoms. The van der Waals surface area contributed by atoms with Gasteiger partial charge < -0.3 is 5.11 Å². The van der Waals surface area contributed by atoms with Crippen molar-refractivity contribution in [3.8, 4) is 0 Å². The van der Waals surface area contributed by atoms with Crippen LogP contribution in [0.15, 0.2) is 0 Å². The number of aliphatic hydroxyl groups excluding tert-OH is 1. The highest BCUT2D eigenvalue weighted by Gasteiger charge is 2.60. The van der Waals surface area contributed by atoms with E-state index in [1.165, 1.54) is 0 Å². The minimum atomic E-state index is -0.773. The first kappa shape index (κ1) is 14.2. The lowest BCUT2D eigenvalue weighted by Gasteiger charge is -2.56. The minimum absolute atomic E-state index is 0.167. The van der Waals surface area contributed by atoms with Gasteiger partial charge in [-0.25, -0.2) is 4.39 Å². The van der Waals surface area contributed by atoms with Gasteiger partial charge in [0.2, 0.25) is 0 Å². The Hall–Kier alpha value is -0.440. The zero-order valence-electron chi connectivity index (χ0n) is 12.9. The molecule has 2 nitrogen and oxygen atoms in total. The van der Waals surface area contributed by atoms with Crippen molar-refractivity contribution in [2.45, 2.75) is 70.6 Å². The molecule has 4 fully saturated rings. The van der Waals surface area contributed by atoms with Gasteiger partial charge in [-0.3, -0.25) is 4.79 Å². The van der Waals surface area contributed by atoms with Crippen LogP contribution in [0.3, 0.4) is 0 Å². The standard InChI is InChI=1S/C18H27FO2/c1-18-9-15(19)17-12-5-3-11(20)8-10(12)2-4-13(17)14(18)6-7-16(18)21/h10,12-17,21H,2-9H2,1H3/t10-,12-,13?,14?,15-,16-,17?,18-/m0/s1/i19-1. The van der Waals surface area contributed by atoms with E-state index in [4.69, 9.17) is 0 Å². The normalized spacial score (nSPS) is 56.5. The van der Waals surface area contributed by atoms with E-state index in [0.29, 0.717) is 48.7 Å². The van der Waals surface area contributed by atoms with E-state index < -0.39 is 6.17 Å². The van der Waals surface area contributed by atoms with Crippen LogP contribution in [0.2, 0.25) is 0 Å². The molecule has 0 aromatic heterocycles. The first-order valence-corrected chi connectivity index (χ1v) is 8.84. The van der Waals surface area contributed by atoms with Crippen LogP contribution >= 0.6 is 0 Å². The number of rotatable bonds is 0. The average molecular weight is 293 g/mol. The van der Waals surface area contributed by atoms with E-state index >= 15 is 4.39 Å². The number of halogens is 1.